The molecule has 2 aromatic rings. The zero-order valence-corrected chi connectivity index (χ0v) is 15.0. The molecule has 1 fully saturated rings. The highest BCUT2D eigenvalue weighted by Crippen LogP contribution is 2.40. The smallest absolute Gasteiger partial charge is 0.206 e. The van der Waals surface area contributed by atoms with E-state index in [-0.39, 0.29) is 6.04 Å². The van der Waals surface area contributed by atoms with Gasteiger partial charge in [0.25, 0.3) is 10.0 Å². The highest BCUT2D eigenvalue weighted by molar-refractivity contribution is 9.10. The second-order valence-electron chi connectivity index (χ2n) is 4.88. The number of benzene rings is 1. The maximum Gasteiger partial charge on any atom is 0.254 e. The molecule has 3 rings (SSSR count). The topological polar surface area (TPSA) is 37.4 Å². The molecule has 1 unspecified atom stereocenters. The molecule has 1 aliphatic heterocycles. The summed E-state index contributed by atoms with van der Waals surface area (Å²) in [6.45, 7) is 0.545. The molecule has 112 valence electrons. The molecule has 0 saturated carbocycles. The molecule has 1 aliphatic rings. The van der Waals surface area contributed by atoms with Crippen molar-refractivity contribution in [3.63, 3.8) is 0 Å². The third-order valence-electron chi connectivity index (χ3n) is 3.56. The van der Waals surface area contributed by atoms with E-state index in [2.05, 4.69) is 15.9 Å². The predicted molar refractivity (Wildman–Crippen MR) is 89.3 cm³/mol. The molecule has 0 amide bonds. The highest BCUT2D eigenvalue weighted by Gasteiger charge is 2.37. The van der Waals surface area contributed by atoms with Crippen LogP contribution in [0.15, 0.2) is 44.4 Å². The summed E-state index contributed by atoms with van der Waals surface area (Å²) in [5.41, 5.74) is 0.955. The van der Waals surface area contributed by atoms with Crippen molar-refractivity contribution < 1.29 is 8.42 Å². The van der Waals surface area contributed by atoms with Crippen molar-refractivity contribution in [3.05, 3.63) is 50.8 Å². The molecule has 0 aliphatic carbocycles. The van der Waals surface area contributed by atoms with Crippen molar-refractivity contribution in [2.24, 2.45) is 0 Å². The van der Waals surface area contributed by atoms with Gasteiger partial charge in [-0.2, -0.15) is 4.31 Å². The van der Waals surface area contributed by atoms with Crippen LogP contribution in [0, 0.1) is 0 Å². The van der Waals surface area contributed by atoms with Crippen molar-refractivity contribution in [3.8, 4) is 0 Å². The lowest BCUT2D eigenvalue weighted by molar-refractivity contribution is 0.397. The van der Waals surface area contributed by atoms with Crippen LogP contribution in [0.4, 0.5) is 0 Å². The average Bonchev–Trinajstić information content (AvgIpc) is 3.07. The second kappa shape index (κ2) is 6.01. The zero-order valence-electron chi connectivity index (χ0n) is 11.0. The van der Waals surface area contributed by atoms with Crippen LogP contribution in [0.1, 0.15) is 24.4 Å². The van der Waals surface area contributed by atoms with Gasteiger partial charge in [0.2, 0.25) is 0 Å². The Morgan fingerprint density at radius 3 is 2.81 bits per heavy atom. The first-order valence-corrected chi connectivity index (χ1v) is 9.99. The van der Waals surface area contributed by atoms with Gasteiger partial charge in [-0.1, -0.05) is 23.7 Å². The Morgan fingerprint density at radius 1 is 1.33 bits per heavy atom. The van der Waals surface area contributed by atoms with Gasteiger partial charge < -0.3 is 0 Å². The third-order valence-corrected chi connectivity index (χ3v) is 8.36. The van der Waals surface area contributed by atoms with E-state index >= 15 is 0 Å². The Hall–Kier alpha value is -0.400. The normalized spacial score (nSPS) is 20.0. The summed E-state index contributed by atoms with van der Waals surface area (Å²) in [4.78, 5) is 0. The summed E-state index contributed by atoms with van der Waals surface area (Å²) in [5.74, 6) is 0. The molecule has 7 heteroatoms. The number of rotatable bonds is 3. The van der Waals surface area contributed by atoms with E-state index in [1.807, 2.05) is 18.2 Å². The van der Waals surface area contributed by atoms with Gasteiger partial charge in [0, 0.05) is 16.0 Å². The molecule has 0 spiro atoms. The SMILES string of the molecule is O=S(=O)(c1sccc1Br)N1CCCC1c1cccc(Cl)c1. The maximum atomic E-state index is 12.9. The molecule has 3 nitrogen and oxygen atoms in total. The number of hydrogen-bond acceptors (Lipinski definition) is 3. The fraction of sp³-hybridized carbons (Fsp3) is 0.286. The van der Waals surface area contributed by atoms with Crippen molar-refractivity contribution in [1.82, 2.24) is 4.31 Å². The van der Waals surface area contributed by atoms with Crippen molar-refractivity contribution in [2.45, 2.75) is 23.1 Å². The number of sulfonamides is 1. The first-order chi connectivity index (χ1) is 10.00. The molecule has 1 aromatic heterocycles. The van der Waals surface area contributed by atoms with Crippen LogP contribution in [0.5, 0.6) is 0 Å². The molecule has 0 bridgehead atoms. The van der Waals surface area contributed by atoms with E-state index < -0.39 is 10.0 Å². The Morgan fingerprint density at radius 2 is 2.14 bits per heavy atom. The molecule has 0 N–H and O–H groups in total. The molecule has 1 aromatic carbocycles. The van der Waals surface area contributed by atoms with E-state index in [0.717, 1.165) is 18.4 Å². The van der Waals surface area contributed by atoms with Gasteiger partial charge in [-0.15, -0.1) is 11.3 Å². The molecular weight excluding hydrogens is 394 g/mol. The second-order valence-corrected chi connectivity index (χ2v) is 9.18. The van der Waals surface area contributed by atoms with Gasteiger partial charge in [-0.25, -0.2) is 8.42 Å². The van der Waals surface area contributed by atoms with Gasteiger partial charge in [-0.3, -0.25) is 0 Å². The Labute approximate surface area is 141 Å². The van der Waals surface area contributed by atoms with Crippen LogP contribution in [-0.2, 0) is 10.0 Å². The van der Waals surface area contributed by atoms with Gasteiger partial charge in [0.15, 0.2) is 0 Å². The van der Waals surface area contributed by atoms with Crippen LogP contribution < -0.4 is 0 Å². The minimum atomic E-state index is -3.47. The minimum absolute atomic E-state index is 0.136. The van der Waals surface area contributed by atoms with Gasteiger partial charge in [-0.05, 0) is 57.9 Å². The molecule has 1 atom stereocenters. The zero-order chi connectivity index (χ0) is 15.0. The summed E-state index contributed by atoms with van der Waals surface area (Å²) in [5, 5.41) is 2.41. The lowest BCUT2D eigenvalue weighted by Crippen LogP contribution is -2.30. The maximum absolute atomic E-state index is 12.9. The lowest BCUT2D eigenvalue weighted by Gasteiger charge is -2.24. The molecule has 0 radical (unpaired) electrons. The van der Waals surface area contributed by atoms with Gasteiger partial charge in [0.05, 0.1) is 6.04 Å². The monoisotopic (exact) mass is 405 g/mol. The molecule has 1 saturated heterocycles. The number of nitrogens with zero attached hydrogens (tertiary/aromatic N) is 1. The Bertz CT molecular complexity index is 760. The Kier molecular flexibility index (Phi) is 4.43. The van der Waals surface area contributed by atoms with Gasteiger partial charge in [0.1, 0.15) is 4.21 Å². The van der Waals surface area contributed by atoms with E-state index in [0.29, 0.717) is 20.2 Å². The van der Waals surface area contributed by atoms with E-state index in [9.17, 15) is 8.42 Å². The van der Waals surface area contributed by atoms with Crippen LogP contribution in [0.2, 0.25) is 5.02 Å². The fourth-order valence-corrected chi connectivity index (χ4v) is 6.95. The lowest BCUT2D eigenvalue weighted by atomic mass is 10.1. The number of halogens is 2. The highest BCUT2D eigenvalue weighted by atomic mass is 79.9. The molecule has 21 heavy (non-hydrogen) atoms. The van der Waals surface area contributed by atoms with Crippen molar-refractivity contribution in [2.75, 3.05) is 6.54 Å². The van der Waals surface area contributed by atoms with Crippen LogP contribution in [0.25, 0.3) is 0 Å². The van der Waals surface area contributed by atoms with Crippen LogP contribution in [0.3, 0.4) is 0 Å². The molecular formula is C14H13BrClNO2S2. The Balaban J connectivity index is 2.00. The number of hydrogen-bond donors (Lipinski definition) is 0. The number of thiophene rings is 1. The standard InChI is InChI=1S/C14H13BrClNO2S2/c15-12-6-8-20-14(12)21(18,19)17-7-2-5-13(17)10-3-1-4-11(16)9-10/h1,3-4,6,8-9,13H,2,5,7H2. The first-order valence-electron chi connectivity index (χ1n) is 6.50. The van der Waals surface area contributed by atoms with Crippen molar-refractivity contribution in [1.29, 1.82) is 0 Å². The summed E-state index contributed by atoms with van der Waals surface area (Å²) in [7, 11) is -3.47. The van der Waals surface area contributed by atoms with Gasteiger partial charge >= 0.3 is 0 Å². The quantitative estimate of drug-likeness (QED) is 0.741. The summed E-state index contributed by atoms with van der Waals surface area (Å²) < 4.78 is 28.3. The summed E-state index contributed by atoms with van der Waals surface area (Å²) in [6.07, 6.45) is 1.68. The van der Waals surface area contributed by atoms with E-state index in [1.165, 1.54) is 11.3 Å². The minimum Gasteiger partial charge on any atom is -0.206 e. The average molecular weight is 407 g/mol. The van der Waals surface area contributed by atoms with Crippen LogP contribution in [-0.4, -0.2) is 19.3 Å². The summed E-state index contributed by atoms with van der Waals surface area (Å²) >= 11 is 10.6. The van der Waals surface area contributed by atoms with Crippen LogP contribution >= 0.6 is 38.9 Å². The van der Waals surface area contributed by atoms with E-state index in [4.69, 9.17) is 11.6 Å². The molecule has 2 heterocycles. The first kappa shape index (κ1) is 15.5. The van der Waals surface area contributed by atoms with Crippen molar-refractivity contribution >= 4 is 48.9 Å². The third kappa shape index (κ3) is 2.92. The van der Waals surface area contributed by atoms with E-state index in [1.54, 1.807) is 21.8 Å². The fourth-order valence-electron chi connectivity index (χ4n) is 2.65. The largest absolute Gasteiger partial charge is 0.254 e. The predicted octanol–water partition coefficient (Wildman–Crippen LogP) is 4.69. The summed E-state index contributed by atoms with van der Waals surface area (Å²) in [6, 6.07) is 9.08.